The lowest BCUT2D eigenvalue weighted by Gasteiger charge is -2.27. The number of hydrogen-bond acceptors (Lipinski definition) is 2. The molecule has 2 N–H and O–H groups in total. The standard InChI is InChI=1S/C16H23NO2/c1-11-8-9-12(2)14(10-11)15(16(18)19)17-13-6-4-3-5-7-13/h8-10,13,15,17H,3-7H2,1-2H3,(H,18,19). The van der Waals surface area contributed by atoms with Crippen LogP contribution in [0.1, 0.15) is 54.8 Å². The first-order valence-electron chi connectivity index (χ1n) is 7.14. The zero-order valence-electron chi connectivity index (χ0n) is 11.8. The van der Waals surface area contributed by atoms with E-state index in [1.807, 2.05) is 32.0 Å². The second kappa shape index (κ2) is 6.20. The molecule has 104 valence electrons. The second-order valence-electron chi connectivity index (χ2n) is 5.63. The van der Waals surface area contributed by atoms with Crippen molar-refractivity contribution in [2.24, 2.45) is 0 Å². The number of carbonyl (C=O) groups is 1. The van der Waals surface area contributed by atoms with Gasteiger partial charge in [0.05, 0.1) is 0 Å². The van der Waals surface area contributed by atoms with Gasteiger partial charge in [-0.1, -0.05) is 43.0 Å². The minimum Gasteiger partial charge on any atom is -0.480 e. The van der Waals surface area contributed by atoms with Crippen LogP contribution in [0.25, 0.3) is 0 Å². The summed E-state index contributed by atoms with van der Waals surface area (Å²) in [5, 5.41) is 12.9. The number of rotatable bonds is 4. The fourth-order valence-electron chi connectivity index (χ4n) is 2.87. The average molecular weight is 261 g/mol. The van der Waals surface area contributed by atoms with E-state index in [-0.39, 0.29) is 0 Å². The lowest BCUT2D eigenvalue weighted by Crippen LogP contribution is -2.38. The molecule has 0 radical (unpaired) electrons. The van der Waals surface area contributed by atoms with Crippen molar-refractivity contribution in [2.45, 2.75) is 58.0 Å². The Labute approximate surface area is 115 Å². The van der Waals surface area contributed by atoms with Crippen LogP contribution in [-0.4, -0.2) is 17.1 Å². The van der Waals surface area contributed by atoms with Crippen LogP contribution in [0, 0.1) is 13.8 Å². The Bertz CT molecular complexity index is 450. The topological polar surface area (TPSA) is 49.3 Å². The molecule has 1 aliphatic rings. The summed E-state index contributed by atoms with van der Waals surface area (Å²) in [7, 11) is 0. The van der Waals surface area contributed by atoms with E-state index in [1.54, 1.807) is 0 Å². The average Bonchev–Trinajstić information content (AvgIpc) is 2.40. The first-order valence-corrected chi connectivity index (χ1v) is 7.14. The first kappa shape index (κ1) is 14.1. The molecule has 1 saturated carbocycles. The highest BCUT2D eigenvalue weighted by Gasteiger charge is 2.25. The number of aryl methyl sites for hydroxylation is 2. The number of carboxylic acids is 1. The van der Waals surface area contributed by atoms with E-state index in [0.29, 0.717) is 6.04 Å². The highest BCUT2D eigenvalue weighted by Crippen LogP contribution is 2.24. The second-order valence-corrected chi connectivity index (χ2v) is 5.63. The van der Waals surface area contributed by atoms with Gasteiger partial charge in [0.1, 0.15) is 6.04 Å². The van der Waals surface area contributed by atoms with Gasteiger partial charge in [-0.2, -0.15) is 0 Å². The van der Waals surface area contributed by atoms with E-state index in [0.717, 1.165) is 29.5 Å². The van der Waals surface area contributed by atoms with Crippen LogP contribution in [0.2, 0.25) is 0 Å². The highest BCUT2D eigenvalue weighted by atomic mass is 16.4. The molecule has 3 nitrogen and oxygen atoms in total. The molecule has 0 amide bonds. The molecule has 1 atom stereocenters. The fraction of sp³-hybridized carbons (Fsp3) is 0.562. The van der Waals surface area contributed by atoms with Gasteiger partial charge in [0, 0.05) is 6.04 Å². The molecule has 2 rings (SSSR count). The zero-order valence-corrected chi connectivity index (χ0v) is 11.8. The van der Waals surface area contributed by atoms with Gasteiger partial charge in [-0.3, -0.25) is 10.1 Å². The zero-order chi connectivity index (χ0) is 13.8. The molecule has 0 aliphatic heterocycles. The lowest BCUT2D eigenvalue weighted by atomic mass is 9.92. The third kappa shape index (κ3) is 3.57. The van der Waals surface area contributed by atoms with Crippen LogP contribution in [-0.2, 0) is 4.79 Å². The van der Waals surface area contributed by atoms with Crippen molar-refractivity contribution >= 4 is 5.97 Å². The Morgan fingerprint density at radius 2 is 1.95 bits per heavy atom. The molecule has 0 bridgehead atoms. The van der Waals surface area contributed by atoms with E-state index in [4.69, 9.17) is 0 Å². The molecule has 0 heterocycles. The van der Waals surface area contributed by atoms with Gasteiger partial charge in [0.25, 0.3) is 0 Å². The van der Waals surface area contributed by atoms with Gasteiger partial charge < -0.3 is 5.11 Å². The largest absolute Gasteiger partial charge is 0.480 e. The summed E-state index contributed by atoms with van der Waals surface area (Å²) in [5.74, 6) is -0.778. The van der Waals surface area contributed by atoms with E-state index < -0.39 is 12.0 Å². The van der Waals surface area contributed by atoms with Gasteiger partial charge in [0.2, 0.25) is 0 Å². The Hall–Kier alpha value is -1.35. The minimum atomic E-state index is -0.778. The molecule has 1 unspecified atom stereocenters. The van der Waals surface area contributed by atoms with Crippen molar-refractivity contribution in [1.29, 1.82) is 0 Å². The lowest BCUT2D eigenvalue weighted by molar-refractivity contribution is -0.140. The third-order valence-corrected chi connectivity index (χ3v) is 4.00. The maximum Gasteiger partial charge on any atom is 0.325 e. The molecule has 1 aromatic rings. The summed E-state index contributed by atoms with van der Waals surface area (Å²) < 4.78 is 0. The molecule has 1 fully saturated rings. The number of carboxylic acid groups (broad SMARTS) is 1. The van der Waals surface area contributed by atoms with Crippen molar-refractivity contribution in [3.63, 3.8) is 0 Å². The van der Waals surface area contributed by atoms with Gasteiger partial charge in [-0.15, -0.1) is 0 Å². The van der Waals surface area contributed by atoms with Crippen molar-refractivity contribution in [3.8, 4) is 0 Å². The van der Waals surface area contributed by atoms with E-state index in [1.165, 1.54) is 19.3 Å². The SMILES string of the molecule is Cc1ccc(C)c(C(NC2CCCCC2)C(=O)O)c1. The minimum absolute atomic E-state index is 0.342. The number of hydrogen-bond donors (Lipinski definition) is 2. The Kier molecular flexibility index (Phi) is 4.59. The predicted octanol–water partition coefficient (Wildman–Crippen LogP) is 3.35. The molecule has 3 heteroatoms. The maximum atomic E-state index is 11.6. The van der Waals surface area contributed by atoms with Crippen LogP contribution >= 0.6 is 0 Å². The third-order valence-electron chi connectivity index (χ3n) is 4.00. The van der Waals surface area contributed by atoms with Crippen LogP contribution in [0.4, 0.5) is 0 Å². The molecular formula is C16H23NO2. The van der Waals surface area contributed by atoms with Crippen LogP contribution < -0.4 is 5.32 Å². The summed E-state index contributed by atoms with van der Waals surface area (Å²) in [6, 6.07) is 5.78. The van der Waals surface area contributed by atoms with E-state index >= 15 is 0 Å². The monoisotopic (exact) mass is 261 g/mol. The van der Waals surface area contributed by atoms with Crippen LogP contribution in [0.5, 0.6) is 0 Å². The normalized spacial score (nSPS) is 18.2. The summed E-state index contributed by atoms with van der Waals surface area (Å²) in [4.78, 5) is 11.6. The predicted molar refractivity (Wildman–Crippen MR) is 76.3 cm³/mol. The van der Waals surface area contributed by atoms with Crippen LogP contribution in [0.15, 0.2) is 18.2 Å². The van der Waals surface area contributed by atoms with Gasteiger partial charge in [-0.25, -0.2) is 0 Å². The van der Waals surface area contributed by atoms with Gasteiger partial charge in [0.15, 0.2) is 0 Å². The smallest absolute Gasteiger partial charge is 0.325 e. The van der Waals surface area contributed by atoms with E-state index in [2.05, 4.69) is 5.32 Å². The summed E-state index contributed by atoms with van der Waals surface area (Å²) in [5.41, 5.74) is 3.05. The number of aliphatic carboxylic acids is 1. The molecule has 0 saturated heterocycles. The molecule has 0 spiro atoms. The Morgan fingerprint density at radius 3 is 2.58 bits per heavy atom. The van der Waals surface area contributed by atoms with Crippen molar-refractivity contribution in [2.75, 3.05) is 0 Å². The quantitative estimate of drug-likeness (QED) is 0.873. The highest BCUT2D eigenvalue weighted by molar-refractivity contribution is 5.76. The van der Waals surface area contributed by atoms with Crippen molar-refractivity contribution in [3.05, 3.63) is 34.9 Å². The summed E-state index contributed by atoms with van der Waals surface area (Å²) in [6.45, 7) is 3.98. The van der Waals surface area contributed by atoms with E-state index in [9.17, 15) is 9.90 Å². The molecule has 19 heavy (non-hydrogen) atoms. The number of benzene rings is 1. The maximum absolute atomic E-state index is 11.6. The van der Waals surface area contributed by atoms with Crippen LogP contribution in [0.3, 0.4) is 0 Å². The summed E-state index contributed by atoms with van der Waals surface area (Å²) >= 11 is 0. The fourth-order valence-corrected chi connectivity index (χ4v) is 2.87. The first-order chi connectivity index (χ1) is 9.08. The summed E-state index contributed by atoms with van der Waals surface area (Å²) in [6.07, 6.45) is 5.87. The molecule has 1 aromatic carbocycles. The molecule has 0 aromatic heterocycles. The number of nitrogens with one attached hydrogen (secondary N) is 1. The molecule has 1 aliphatic carbocycles. The van der Waals surface area contributed by atoms with Crippen molar-refractivity contribution in [1.82, 2.24) is 5.32 Å². The van der Waals surface area contributed by atoms with Gasteiger partial charge >= 0.3 is 5.97 Å². The van der Waals surface area contributed by atoms with Gasteiger partial charge in [-0.05, 0) is 37.8 Å². The Balaban J connectivity index is 2.19. The Morgan fingerprint density at radius 1 is 1.26 bits per heavy atom. The molecular weight excluding hydrogens is 238 g/mol. The van der Waals surface area contributed by atoms with Crippen molar-refractivity contribution < 1.29 is 9.90 Å².